The van der Waals surface area contributed by atoms with Crippen molar-refractivity contribution in [2.75, 3.05) is 31.1 Å². The molecule has 152 valence electrons. The number of amides is 3. The summed E-state index contributed by atoms with van der Waals surface area (Å²) in [6, 6.07) is 3.83. The summed E-state index contributed by atoms with van der Waals surface area (Å²) in [6.45, 7) is 6.47. The summed E-state index contributed by atoms with van der Waals surface area (Å²) in [5, 5.41) is 2.38. The lowest BCUT2D eigenvalue weighted by Crippen LogP contribution is -2.54. The van der Waals surface area contributed by atoms with Gasteiger partial charge in [0.25, 0.3) is 0 Å². The van der Waals surface area contributed by atoms with Crippen molar-refractivity contribution in [3.8, 4) is 0 Å². The van der Waals surface area contributed by atoms with Crippen LogP contribution in [0.3, 0.4) is 0 Å². The van der Waals surface area contributed by atoms with Gasteiger partial charge in [0.2, 0.25) is 11.8 Å². The first-order valence-corrected chi connectivity index (χ1v) is 9.97. The van der Waals surface area contributed by atoms with Crippen LogP contribution in [0.15, 0.2) is 18.3 Å². The first-order valence-electron chi connectivity index (χ1n) is 9.97. The standard InChI is InChI=1S/C20H28N4O4/c1-3-4-11-28-20(27)24-10-9-23(13-14(24)2)17-7-5-15(12-21-17)16-6-8-18(25)22-19(16)26/h5,7,12,14,16H,3-4,6,8-11,13H2,1-2H3,(H,22,25,26)/t14-,16?/m0/s1. The van der Waals surface area contributed by atoms with Crippen LogP contribution >= 0.6 is 0 Å². The fraction of sp³-hybridized carbons (Fsp3) is 0.600. The van der Waals surface area contributed by atoms with Crippen LogP contribution in [0.5, 0.6) is 0 Å². The zero-order valence-electron chi connectivity index (χ0n) is 16.5. The normalized spacial score (nSPS) is 22.8. The van der Waals surface area contributed by atoms with Gasteiger partial charge in [-0.3, -0.25) is 14.9 Å². The van der Waals surface area contributed by atoms with Crippen LogP contribution in [0.2, 0.25) is 0 Å². The summed E-state index contributed by atoms with van der Waals surface area (Å²) >= 11 is 0. The van der Waals surface area contributed by atoms with Crippen molar-refractivity contribution in [2.45, 2.75) is 51.5 Å². The molecule has 2 atom stereocenters. The molecule has 0 saturated carbocycles. The predicted octanol–water partition coefficient (Wildman–Crippen LogP) is 2.05. The molecule has 0 aliphatic carbocycles. The monoisotopic (exact) mass is 388 g/mol. The second-order valence-electron chi connectivity index (χ2n) is 7.41. The first kappa shape index (κ1) is 20.1. The van der Waals surface area contributed by atoms with Crippen LogP contribution in [0, 0.1) is 0 Å². The lowest BCUT2D eigenvalue weighted by atomic mass is 9.92. The Morgan fingerprint density at radius 2 is 2.14 bits per heavy atom. The van der Waals surface area contributed by atoms with E-state index in [9.17, 15) is 14.4 Å². The van der Waals surface area contributed by atoms with Gasteiger partial charge < -0.3 is 14.5 Å². The Morgan fingerprint density at radius 3 is 2.79 bits per heavy atom. The number of ether oxygens (including phenoxy) is 1. The van der Waals surface area contributed by atoms with Gasteiger partial charge in [0.05, 0.1) is 12.5 Å². The van der Waals surface area contributed by atoms with E-state index in [0.29, 0.717) is 39.1 Å². The molecule has 1 N–H and O–H groups in total. The molecule has 1 unspecified atom stereocenters. The number of aromatic nitrogens is 1. The molecule has 0 bridgehead atoms. The van der Waals surface area contributed by atoms with Crippen molar-refractivity contribution < 1.29 is 19.1 Å². The van der Waals surface area contributed by atoms with Crippen molar-refractivity contribution in [3.05, 3.63) is 23.9 Å². The van der Waals surface area contributed by atoms with E-state index in [0.717, 1.165) is 24.2 Å². The molecule has 28 heavy (non-hydrogen) atoms. The fourth-order valence-electron chi connectivity index (χ4n) is 3.63. The maximum atomic E-state index is 12.2. The van der Waals surface area contributed by atoms with Gasteiger partial charge in [0.15, 0.2) is 0 Å². The van der Waals surface area contributed by atoms with Crippen molar-refractivity contribution in [2.24, 2.45) is 0 Å². The third-order valence-electron chi connectivity index (χ3n) is 5.32. The van der Waals surface area contributed by atoms with Crippen LogP contribution in [0.1, 0.15) is 51.0 Å². The first-order chi connectivity index (χ1) is 13.5. The number of pyridine rings is 1. The van der Waals surface area contributed by atoms with E-state index >= 15 is 0 Å². The number of imide groups is 1. The molecule has 3 amide bonds. The number of carbonyl (C=O) groups excluding carboxylic acids is 3. The largest absolute Gasteiger partial charge is 0.449 e. The lowest BCUT2D eigenvalue weighted by Gasteiger charge is -2.39. The molecule has 2 fully saturated rings. The number of piperazine rings is 1. The number of anilines is 1. The van der Waals surface area contributed by atoms with E-state index in [1.165, 1.54) is 0 Å². The van der Waals surface area contributed by atoms with E-state index in [1.807, 2.05) is 19.1 Å². The summed E-state index contributed by atoms with van der Waals surface area (Å²) < 4.78 is 5.32. The zero-order chi connectivity index (χ0) is 20.1. The van der Waals surface area contributed by atoms with E-state index < -0.39 is 0 Å². The highest BCUT2D eigenvalue weighted by molar-refractivity contribution is 6.00. The molecule has 0 aromatic carbocycles. The van der Waals surface area contributed by atoms with Gasteiger partial charge in [-0.25, -0.2) is 9.78 Å². The number of piperidine rings is 1. The number of hydrogen-bond acceptors (Lipinski definition) is 6. The second-order valence-corrected chi connectivity index (χ2v) is 7.41. The van der Waals surface area contributed by atoms with Crippen molar-refractivity contribution in [1.82, 2.24) is 15.2 Å². The zero-order valence-corrected chi connectivity index (χ0v) is 16.5. The average molecular weight is 388 g/mol. The highest BCUT2D eigenvalue weighted by Gasteiger charge is 2.30. The quantitative estimate of drug-likeness (QED) is 0.613. The van der Waals surface area contributed by atoms with Gasteiger partial charge in [0.1, 0.15) is 5.82 Å². The summed E-state index contributed by atoms with van der Waals surface area (Å²) in [5.41, 5.74) is 0.819. The van der Waals surface area contributed by atoms with Crippen molar-refractivity contribution in [1.29, 1.82) is 0 Å². The van der Waals surface area contributed by atoms with Crippen molar-refractivity contribution >= 4 is 23.7 Å². The van der Waals surface area contributed by atoms with E-state index in [1.54, 1.807) is 11.1 Å². The molecule has 8 heteroatoms. The number of unbranched alkanes of at least 4 members (excludes halogenated alkanes) is 1. The van der Waals surface area contributed by atoms with Crippen LogP contribution in [-0.2, 0) is 14.3 Å². The Bertz CT molecular complexity index is 721. The summed E-state index contributed by atoms with van der Waals surface area (Å²) in [6.07, 6.45) is 4.21. The summed E-state index contributed by atoms with van der Waals surface area (Å²) in [5.74, 6) is 0.0235. The molecule has 1 aromatic heterocycles. The fourth-order valence-corrected chi connectivity index (χ4v) is 3.63. The molecule has 0 radical (unpaired) electrons. The van der Waals surface area contributed by atoms with E-state index in [-0.39, 0.29) is 29.9 Å². The lowest BCUT2D eigenvalue weighted by molar-refractivity contribution is -0.134. The minimum atomic E-state index is -0.326. The number of rotatable bonds is 5. The summed E-state index contributed by atoms with van der Waals surface area (Å²) in [4.78, 5) is 43.9. The predicted molar refractivity (Wildman–Crippen MR) is 104 cm³/mol. The highest BCUT2D eigenvalue weighted by Crippen LogP contribution is 2.26. The molecule has 3 rings (SSSR count). The van der Waals surface area contributed by atoms with Crippen LogP contribution < -0.4 is 10.2 Å². The third-order valence-corrected chi connectivity index (χ3v) is 5.32. The van der Waals surface area contributed by atoms with Gasteiger partial charge in [-0.15, -0.1) is 0 Å². The van der Waals surface area contributed by atoms with Crippen molar-refractivity contribution in [3.63, 3.8) is 0 Å². The number of carbonyl (C=O) groups is 3. The Morgan fingerprint density at radius 1 is 1.32 bits per heavy atom. The SMILES string of the molecule is CCCCOC(=O)N1CCN(c2ccc(C3CCC(=O)NC3=O)cn2)C[C@@H]1C. The molecule has 8 nitrogen and oxygen atoms in total. The van der Waals surface area contributed by atoms with Gasteiger partial charge in [-0.1, -0.05) is 19.4 Å². The summed E-state index contributed by atoms with van der Waals surface area (Å²) in [7, 11) is 0. The van der Waals surface area contributed by atoms with Gasteiger partial charge in [-0.05, 0) is 31.4 Å². The number of nitrogens with zero attached hydrogens (tertiary/aromatic N) is 3. The Kier molecular flexibility index (Phi) is 6.49. The third kappa shape index (κ3) is 4.61. The molecular weight excluding hydrogens is 360 g/mol. The minimum Gasteiger partial charge on any atom is -0.449 e. The Balaban J connectivity index is 1.57. The second kappa shape index (κ2) is 9.03. The number of nitrogens with one attached hydrogen (secondary N) is 1. The molecule has 3 heterocycles. The topological polar surface area (TPSA) is 91.8 Å². The van der Waals surface area contributed by atoms with Gasteiger partial charge >= 0.3 is 6.09 Å². The molecule has 2 aliphatic rings. The minimum absolute atomic E-state index is 0.0273. The average Bonchev–Trinajstić information content (AvgIpc) is 2.68. The van der Waals surface area contributed by atoms with Crippen LogP contribution in [0.4, 0.5) is 10.6 Å². The van der Waals surface area contributed by atoms with Crippen LogP contribution in [0.25, 0.3) is 0 Å². The van der Waals surface area contributed by atoms with Crippen LogP contribution in [-0.4, -0.2) is 60.1 Å². The smallest absolute Gasteiger partial charge is 0.410 e. The molecule has 2 saturated heterocycles. The maximum absolute atomic E-state index is 12.2. The molecule has 2 aliphatic heterocycles. The number of hydrogen-bond donors (Lipinski definition) is 1. The molecular formula is C20H28N4O4. The Labute approximate surface area is 165 Å². The van der Waals surface area contributed by atoms with Gasteiger partial charge in [-0.2, -0.15) is 0 Å². The highest BCUT2D eigenvalue weighted by atomic mass is 16.6. The van der Waals surface area contributed by atoms with E-state index in [4.69, 9.17) is 4.74 Å². The van der Waals surface area contributed by atoms with Gasteiger partial charge in [0, 0.05) is 38.3 Å². The van der Waals surface area contributed by atoms with E-state index in [2.05, 4.69) is 22.1 Å². The molecule has 1 aromatic rings. The molecule has 0 spiro atoms. The maximum Gasteiger partial charge on any atom is 0.410 e. The Hall–Kier alpha value is -2.64.